The minimum absolute atomic E-state index is 0.127. The third-order valence-electron chi connectivity index (χ3n) is 6.91. The van der Waals surface area contributed by atoms with Crippen LogP contribution in [0.5, 0.6) is 0 Å². The molecule has 1 aromatic carbocycles. The second-order valence-corrected chi connectivity index (χ2v) is 10.2. The van der Waals surface area contributed by atoms with Crippen LogP contribution in [0.1, 0.15) is 58.4 Å². The maximum absolute atomic E-state index is 13.5. The molecule has 1 aromatic rings. The Morgan fingerprint density at radius 2 is 1.65 bits per heavy atom. The molecule has 0 radical (unpaired) electrons. The van der Waals surface area contributed by atoms with Crippen LogP contribution in [0.15, 0.2) is 30.3 Å². The lowest BCUT2D eigenvalue weighted by molar-refractivity contribution is -0.144. The van der Waals surface area contributed by atoms with E-state index >= 15 is 0 Å². The molecule has 0 spiro atoms. The van der Waals surface area contributed by atoms with Gasteiger partial charge in [0.05, 0.1) is 0 Å². The van der Waals surface area contributed by atoms with Gasteiger partial charge in [-0.3, -0.25) is 24.0 Å². The molecule has 5 amide bonds. The number of fused-ring (bicyclic) bond motifs is 1. The highest BCUT2D eigenvalue weighted by molar-refractivity contribution is 5.98. The molecule has 2 aliphatic rings. The van der Waals surface area contributed by atoms with E-state index in [0.717, 1.165) is 5.56 Å². The number of carbonyl (C=O) groups is 5. The Labute approximate surface area is 218 Å². The molecule has 10 heteroatoms. The van der Waals surface area contributed by atoms with Crippen molar-refractivity contribution in [1.82, 2.24) is 26.2 Å². The maximum Gasteiger partial charge on any atom is 0.246 e. The number of unbranched alkanes of at least 4 members (excludes halogenated alkanes) is 1. The molecule has 0 saturated carbocycles. The molecule has 202 valence electrons. The summed E-state index contributed by atoms with van der Waals surface area (Å²) in [5, 5.41) is 11.3. The summed E-state index contributed by atoms with van der Waals surface area (Å²) < 4.78 is 0. The minimum atomic E-state index is -0.920. The minimum Gasteiger partial charge on any atom is -0.356 e. The molecule has 2 heterocycles. The highest BCUT2D eigenvalue weighted by Gasteiger charge is 2.41. The fourth-order valence-corrected chi connectivity index (χ4v) is 4.86. The zero-order chi connectivity index (χ0) is 26.9. The van der Waals surface area contributed by atoms with Crippen molar-refractivity contribution in [1.29, 1.82) is 0 Å². The molecule has 37 heavy (non-hydrogen) atoms. The van der Waals surface area contributed by atoms with Crippen molar-refractivity contribution >= 4 is 29.5 Å². The van der Waals surface area contributed by atoms with Crippen LogP contribution >= 0.6 is 0 Å². The van der Waals surface area contributed by atoms with Gasteiger partial charge in [0.2, 0.25) is 29.5 Å². The van der Waals surface area contributed by atoms with E-state index in [9.17, 15) is 24.0 Å². The van der Waals surface area contributed by atoms with Crippen LogP contribution < -0.4 is 21.3 Å². The molecule has 0 aliphatic carbocycles. The van der Waals surface area contributed by atoms with Gasteiger partial charge in [0, 0.05) is 26.4 Å². The molecule has 0 unspecified atom stereocenters. The van der Waals surface area contributed by atoms with Crippen LogP contribution in [0.2, 0.25) is 0 Å². The van der Waals surface area contributed by atoms with E-state index in [0.29, 0.717) is 45.2 Å². The first kappa shape index (κ1) is 28.1. The Hall–Kier alpha value is -3.43. The highest BCUT2D eigenvalue weighted by Crippen LogP contribution is 2.21. The number of hydrogen-bond donors (Lipinski definition) is 4. The van der Waals surface area contributed by atoms with Gasteiger partial charge in [-0.25, -0.2) is 0 Å². The van der Waals surface area contributed by atoms with Crippen molar-refractivity contribution in [2.75, 3.05) is 13.1 Å². The molecular weight excluding hydrogens is 474 g/mol. The van der Waals surface area contributed by atoms with Crippen molar-refractivity contribution in [3.63, 3.8) is 0 Å². The van der Waals surface area contributed by atoms with Gasteiger partial charge in [0.25, 0.3) is 0 Å². The van der Waals surface area contributed by atoms with E-state index in [2.05, 4.69) is 21.3 Å². The lowest BCUT2D eigenvalue weighted by Crippen LogP contribution is -2.62. The van der Waals surface area contributed by atoms with Gasteiger partial charge in [-0.05, 0) is 43.6 Å². The maximum atomic E-state index is 13.5. The highest BCUT2D eigenvalue weighted by atomic mass is 16.2. The molecule has 4 N–H and O–H groups in total. The van der Waals surface area contributed by atoms with Gasteiger partial charge in [-0.2, -0.15) is 0 Å². The van der Waals surface area contributed by atoms with Crippen molar-refractivity contribution in [2.45, 2.75) is 83.5 Å². The van der Waals surface area contributed by atoms with Gasteiger partial charge in [-0.1, -0.05) is 44.2 Å². The molecule has 4 atom stereocenters. The lowest BCUT2D eigenvalue weighted by atomic mass is 9.99. The molecule has 3 rings (SSSR count). The smallest absolute Gasteiger partial charge is 0.246 e. The number of benzene rings is 1. The molecule has 0 bridgehead atoms. The second kappa shape index (κ2) is 13.2. The average molecular weight is 514 g/mol. The normalized spacial score (nSPS) is 24.9. The third kappa shape index (κ3) is 7.77. The number of rotatable bonds is 8. The van der Waals surface area contributed by atoms with E-state index in [1.807, 2.05) is 44.2 Å². The van der Waals surface area contributed by atoms with Gasteiger partial charge in [0.15, 0.2) is 0 Å². The van der Waals surface area contributed by atoms with Crippen LogP contribution in [0, 0.1) is 5.92 Å². The van der Waals surface area contributed by atoms with Crippen LogP contribution in [-0.4, -0.2) is 71.7 Å². The topological polar surface area (TPSA) is 137 Å². The summed E-state index contributed by atoms with van der Waals surface area (Å²) in [6.07, 6.45) is 2.98. The fraction of sp³-hybridized carbons (Fsp3) is 0.593. The van der Waals surface area contributed by atoms with Gasteiger partial charge in [0.1, 0.15) is 24.2 Å². The van der Waals surface area contributed by atoms with Crippen molar-refractivity contribution in [3.8, 4) is 0 Å². The number of nitrogens with zero attached hydrogens (tertiary/aromatic N) is 1. The van der Waals surface area contributed by atoms with E-state index in [4.69, 9.17) is 0 Å². The summed E-state index contributed by atoms with van der Waals surface area (Å²) in [4.78, 5) is 66.3. The Bertz CT molecular complexity index is 983. The first-order valence-corrected chi connectivity index (χ1v) is 13.2. The van der Waals surface area contributed by atoms with Crippen LogP contribution in [0.3, 0.4) is 0 Å². The van der Waals surface area contributed by atoms with Crippen LogP contribution in [-0.2, 0) is 30.4 Å². The quantitative estimate of drug-likeness (QED) is 0.379. The third-order valence-corrected chi connectivity index (χ3v) is 6.91. The number of amides is 5. The summed E-state index contributed by atoms with van der Waals surface area (Å²) in [6, 6.07) is 6.06. The van der Waals surface area contributed by atoms with Crippen LogP contribution in [0.25, 0.3) is 0 Å². The van der Waals surface area contributed by atoms with E-state index < -0.39 is 36.0 Å². The lowest BCUT2D eigenvalue weighted by Gasteiger charge is -2.33. The first-order chi connectivity index (χ1) is 17.7. The molecule has 0 aromatic heterocycles. The van der Waals surface area contributed by atoms with E-state index in [1.165, 1.54) is 6.92 Å². The summed E-state index contributed by atoms with van der Waals surface area (Å²) in [5.41, 5.74) is 0.859. The molecule has 2 saturated heterocycles. The van der Waals surface area contributed by atoms with Gasteiger partial charge in [-0.15, -0.1) is 0 Å². The molecular formula is C27H39N5O5. The van der Waals surface area contributed by atoms with Crippen molar-refractivity contribution < 1.29 is 24.0 Å². The number of hydrogen-bond acceptors (Lipinski definition) is 5. The van der Waals surface area contributed by atoms with E-state index in [-0.39, 0.29) is 30.1 Å². The Morgan fingerprint density at radius 3 is 2.32 bits per heavy atom. The van der Waals surface area contributed by atoms with E-state index in [1.54, 1.807) is 4.90 Å². The Morgan fingerprint density at radius 1 is 0.973 bits per heavy atom. The number of nitrogens with one attached hydrogen (secondary N) is 4. The monoisotopic (exact) mass is 513 g/mol. The largest absolute Gasteiger partial charge is 0.356 e. The number of carbonyl (C=O) groups excluding carboxylic acids is 5. The predicted octanol–water partition coefficient (Wildman–Crippen LogP) is 0.651. The standard InChI is InChI=1S/C27H39N5O5/c1-17(2)23-27(37)32-15-9-13-22(32)26(36)29-20(12-7-8-14-28-18(3)33)24(34)30-21(25(35)31-23)16-19-10-5-4-6-11-19/h4-6,10-11,17,20-23H,7-9,12-16H2,1-3H3,(H,28,33)(H,29,36)(H,30,34)(H,31,35)/t20-,21-,22+,23-/m0/s1. The van der Waals surface area contributed by atoms with Crippen LogP contribution in [0.4, 0.5) is 0 Å². The molecule has 10 nitrogen and oxygen atoms in total. The fourth-order valence-electron chi connectivity index (χ4n) is 4.86. The SMILES string of the molecule is CC(=O)NCCCC[C@@H]1NC(=O)[C@H]2CCCN2C(=O)[C@H](C(C)C)NC(=O)[C@H](Cc2ccccc2)NC1=O. The molecule has 2 aliphatic heterocycles. The van der Waals surface area contributed by atoms with Gasteiger partial charge >= 0.3 is 0 Å². The summed E-state index contributed by atoms with van der Waals surface area (Å²) >= 11 is 0. The first-order valence-electron chi connectivity index (χ1n) is 13.2. The zero-order valence-corrected chi connectivity index (χ0v) is 21.9. The Balaban J connectivity index is 1.87. The predicted molar refractivity (Wildman–Crippen MR) is 138 cm³/mol. The average Bonchev–Trinajstić information content (AvgIpc) is 3.35. The van der Waals surface area contributed by atoms with Crippen molar-refractivity contribution in [3.05, 3.63) is 35.9 Å². The molecule has 2 fully saturated rings. The Kier molecular flexibility index (Phi) is 10.0. The zero-order valence-electron chi connectivity index (χ0n) is 21.9. The van der Waals surface area contributed by atoms with Crippen molar-refractivity contribution in [2.24, 2.45) is 5.92 Å². The summed E-state index contributed by atoms with van der Waals surface area (Å²) in [5.74, 6) is -1.84. The summed E-state index contributed by atoms with van der Waals surface area (Å²) in [6.45, 7) is 6.04. The van der Waals surface area contributed by atoms with Gasteiger partial charge < -0.3 is 26.2 Å². The summed E-state index contributed by atoms with van der Waals surface area (Å²) in [7, 11) is 0. The second-order valence-electron chi connectivity index (χ2n) is 10.2.